The van der Waals surface area contributed by atoms with Crippen LogP contribution in [0.15, 0.2) is 42.6 Å². The molecule has 0 amide bonds. The topological polar surface area (TPSA) is 45.6 Å². The van der Waals surface area contributed by atoms with Crippen LogP contribution < -0.4 is 9.64 Å². The smallest absolute Gasteiger partial charge is 0.138 e. The monoisotopic (exact) mass is 258 g/mol. The molecule has 0 spiro atoms. The van der Waals surface area contributed by atoms with Gasteiger partial charge in [-0.25, -0.2) is 4.98 Å². The van der Waals surface area contributed by atoms with Crippen molar-refractivity contribution in [2.75, 3.05) is 19.1 Å². The first-order chi connectivity index (χ1) is 9.13. The van der Waals surface area contributed by atoms with Crippen LogP contribution in [0.4, 0.5) is 11.5 Å². The van der Waals surface area contributed by atoms with Gasteiger partial charge in [-0.1, -0.05) is 6.07 Å². The number of aromatic nitrogens is 1. The standard InChI is InChI=1S/C15H18N2O2/c1-11(18)14-5-4-10-16-15(14)17(2)12-6-8-13(19-3)9-7-12/h4-11,18H,1-3H3. The van der Waals surface area contributed by atoms with Crippen molar-refractivity contribution in [3.8, 4) is 5.75 Å². The second kappa shape index (κ2) is 5.71. The number of hydrogen-bond acceptors (Lipinski definition) is 4. The summed E-state index contributed by atoms with van der Waals surface area (Å²) in [6, 6.07) is 11.4. The van der Waals surface area contributed by atoms with Crippen molar-refractivity contribution in [3.05, 3.63) is 48.2 Å². The van der Waals surface area contributed by atoms with Gasteiger partial charge in [-0.05, 0) is 37.3 Å². The molecule has 2 rings (SSSR count). The summed E-state index contributed by atoms with van der Waals surface area (Å²) in [6.07, 6.45) is 1.17. The molecule has 1 N–H and O–H groups in total. The van der Waals surface area contributed by atoms with Crippen molar-refractivity contribution in [2.24, 2.45) is 0 Å². The summed E-state index contributed by atoms with van der Waals surface area (Å²) in [7, 11) is 3.57. The third kappa shape index (κ3) is 2.85. The number of aliphatic hydroxyl groups excluding tert-OH is 1. The lowest BCUT2D eigenvalue weighted by Crippen LogP contribution is -2.14. The summed E-state index contributed by atoms with van der Waals surface area (Å²) in [4.78, 5) is 6.30. The Hall–Kier alpha value is -2.07. The first-order valence-corrected chi connectivity index (χ1v) is 6.14. The summed E-state index contributed by atoms with van der Waals surface area (Å²) in [5.41, 5.74) is 1.79. The molecule has 0 aliphatic carbocycles. The van der Waals surface area contributed by atoms with Gasteiger partial charge >= 0.3 is 0 Å². The van der Waals surface area contributed by atoms with Crippen LogP contribution in [0, 0.1) is 0 Å². The summed E-state index contributed by atoms with van der Waals surface area (Å²) < 4.78 is 5.14. The number of rotatable bonds is 4. The first kappa shape index (κ1) is 13.4. The zero-order valence-corrected chi connectivity index (χ0v) is 11.4. The Bertz CT molecular complexity index is 538. The fourth-order valence-electron chi connectivity index (χ4n) is 1.94. The van der Waals surface area contributed by atoms with Crippen LogP contribution in [-0.4, -0.2) is 24.2 Å². The quantitative estimate of drug-likeness (QED) is 0.916. The van der Waals surface area contributed by atoms with Crippen LogP contribution in [0.5, 0.6) is 5.75 Å². The molecule has 1 aromatic heterocycles. The number of methoxy groups -OCH3 is 1. The van der Waals surface area contributed by atoms with Crippen molar-refractivity contribution in [1.82, 2.24) is 4.98 Å². The second-order valence-corrected chi connectivity index (χ2v) is 4.35. The lowest BCUT2D eigenvalue weighted by molar-refractivity contribution is 0.199. The van der Waals surface area contributed by atoms with Gasteiger partial charge < -0.3 is 14.7 Å². The molecule has 4 heteroatoms. The minimum atomic E-state index is -0.551. The molecule has 1 heterocycles. The fraction of sp³-hybridized carbons (Fsp3) is 0.267. The van der Waals surface area contributed by atoms with Crippen molar-refractivity contribution >= 4 is 11.5 Å². The molecule has 2 aromatic rings. The average Bonchev–Trinajstić information content (AvgIpc) is 2.46. The summed E-state index contributed by atoms with van der Waals surface area (Å²) >= 11 is 0. The van der Waals surface area contributed by atoms with E-state index in [0.29, 0.717) is 0 Å². The highest BCUT2D eigenvalue weighted by atomic mass is 16.5. The van der Waals surface area contributed by atoms with E-state index in [1.807, 2.05) is 48.3 Å². The number of pyridine rings is 1. The minimum absolute atomic E-state index is 0.551. The van der Waals surface area contributed by atoms with Crippen molar-refractivity contribution in [2.45, 2.75) is 13.0 Å². The van der Waals surface area contributed by atoms with E-state index in [9.17, 15) is 5.11 Å². The second-order valence-electron chi connectivity index (χ2n) is 4.35. The Labute approximate surface area is 113 Å². The highest BCUT2D eigenvalue weighted by molar-refractivity contribution is 5.63. The molecular formula is C15H18N2O2. The van der Waals surface area contributed by atoms with Crippen LogP contribution >= 0.6 is 0 Å². The van der Waals surface area contributed by atoms with Crippen molar-refractivity contribution in [1.29, 1.82) is 0 Å². The van der Waals surface area contributed by atoms with Crippen LogP contribution in [0.25, 0.3) is 0 Å². The first-order valence-electron chi connectivity index (χ1n) is 6.14. The summed E-state index contributed by atoms with van der Waals surface area (Å²) in [5, 5.41) is 9.80. The van der Waals surface area contributed by atoms with Gasteiger partial charge in [-0.15, -0.1) is 0 Å². The highest BCUT2D eigenvalue weighted by Gasteiger charge is 2.13. The van der Waals surface area contributed by atoms with Crippen LogP contribution in [0.3, 0.4) is 0 Å². The Kier molecular flexibility index (Phi) is 4.02. The zero-order chi connectivity index (χ0) is 13.8. The number of hydrogen-bond donors (Lipinski definition) is 1. The maximum Gasteiger partial charge on any atom is 0.138 e. The zero-order valence-electron chi connectivity index (χ0n) is 11.4. The van der Waals surface area contributed by atoms with E-state index in [1.165, 1.54) is 0 Å². The van der Waals surface area contributed by atoms with E-state index in [0.717, 1.165) is 22.8 Å². The van der Waals surface area contributed by atoms with E-state index in [2.05, 4.69) is 4.98 Å². The molecule has 19 heavy (non-hydrogen) atoms. The molecule has 0 aliphatic rings. The number of aliphatic hydroxyl groups is 1. The lowest BCUT2D eigenvalue weighted by atomic mass is 10.1. The van der Waals surface area contributed by atoms with E-state index in [1.54, 1.807) is 20.2 Å². The SMILES string of the molecule is COc1ccc(N(C)c2ncccc2C(C)O)cc1. The number of ether oxygens (including phenoxy) is 1. The number of nitrogens with zero attached hydrogens (tertiary/aromatic N) is 2. The van der Waals surface area contributed by atoms with Gasteiger partial charge in [-0.2, -0.15) is 0 Å². The van der Waals surface area contributed by atoms with E-state index < -0.39 is 6.10 Å². The highest BCUT2D eigenvalue weighted by Crippen LogP contribution is 2.29. The Morgan fingerprint density at radius 1 is 1.21 bits per heavy atom. The largest absolute Gasteiger partial charge is 0.497 e. The Morgan fingerprint density at radius 2 is 1.89 bits per heavy atom. The molecule has 0 bridgehead atoms. The Balaban J connectivity index is 2.35. The third-order valence-electron chi connectivity index (χ3n) is 3.04. The molecule has 0 saturated heterocycles. The fourth-order valence-corrected chi connectivity index (χ4v) is 1.94. The number of anilines is 2. The van der Waals surface area contributed by atoms with Crippen LogP contribution in [-0.2, 0) is 0 Å². The maximum atomic E-state index is 9.80. The van der Waals surface area contributed by atoms with Gasteiger partial charge in [0, 0.05) is 24.5 Å². The molecular weight excluding hydrogens is 240 g/mol. The maximum absolute atomic E-state index is 9.80. The van der Waals surface area contributed by atoms with Gasteiger partial charge in [-0.3, -0.25) is 0 Å². The van der Waals surface area contributed by atoms with Crippen molar-refractivity contribution < 1.29 is 9.84 Å². The van der Waals surface area contributed by atoms with Gasteiger partial charge in [0.2, 0.25) is 0 Å². The molecule has 1 atom stereocenters. The minimum Gasteiger partial charge on any atom is -0.497 e. The van der Waals surface area contributed by atoms with Gasteiger partial charge in [0.15, 0.2) is 0 Å². The van der Waals surface area contributed by atoms with E-state index in [-0.39, 0.29) is 0 Å². The average molecular weight is 258 g/mol. The summed E-state index contributed by atoms with van der Waals surface area (Å²) in [6.45, 7) is 1.74. The molecule has 0 radical (unpaired) electrons. The molecule has 0 saturated carbocycles. The van der Waals surface area contributed by atoms with E-state index >= 15 is 0 Å². The molecule has 0 fully saturated rings. The van der Waals surface area contributed by atoms with E-state index in [4.69, 9.17) is 4.74 Å². The number of benzene rings is 1. The normalized spacial score (nSPS) is 12.0. The van der Waals surface area contributed by atoms with Crippen LogP contribution in [0.1, 0.15) is 18.6 Å². The third-order valence-corrected chi connectivity index (χ3v) is 3.04. The van der Waals surface area contributed by atoms with Gasteiger partial charge in [0.05, 0.1) is 13.2 Å². The lowest BCUT2D eigenvalue weighted by Gasteiger charge is -2.22. The predicted molar refractivity (Wildman–Crippen MR) is 75.9 cm³/mol. The van der Waals surface area contributed by atoms with Crippen LogP contribution in [0.2, 0.25) is 0 Å². The van der Waals surface area contributed by atoms with Gasteiger partial charge in [0.25, 0.3) is 0 Å². The van der Waals surface area contributed by atoms with Gasteiger partial charge in [0.1, 0.15) is 11.6 Å². The molecule has 1 unspecified atom stereocenters. The Morgan fingerprint density at radius 3 is 2.47 bits per heavy atom. The molecule has 0 aliphatic heterocycles. The molecule has 100 valence electrons. The summed E-state index contributed by atoms with van der Waals surface area (Å²) in [5.74, 6) is 1.57. The predicted octanol–water partition coefficient (Wildman–Crippen LogP) is 2.91. The van der Waals surface area contributed by atoms with Crippen molar-refractivity contribution in [3.63, 3.8) is 0 Å². The molecule has 4 nitrogen and oxygen atoms in total. The molecule has 1 aromatic carbocycles.